The zero-order valence-electron chi connectivity index (χ0n) is 15.9. The number of thiazole rings is 1. The third-order valence-electron chi connectivity index (χ3n) is 3.89. The second kappa shape index (κ2) is 9.29. The number of esters is 1. The van der Waals surface area contributed by atoms with Crippen LogP contribution in [0, 0.1) is 5.82 Å². The molecule has 0 spiro atoms. The van der Waals surface area contributed by atoms with Gasteiger partial charge in [-0.3, -0.25) is 9.69 Å². The van der Waals surface area contributed by atoms with Gasteiger partial charge in [-0.2, -0.15) is 0 Å². The maximum Gasteiger partial charge on any atom is 0.338 e. The molecule has 0 aliphatic heterocycles. The highest BCUT2D eigenvalue weighted by molar-refractivity contribution is 7.14. The summed E-state index contributed by atoms with van der Waals surface area (Å²) in [5, 5.41) is 1.96. The number of halogens is 1. The van der Waals surface area contributed by atoms with E-state index in [1.165, 1.54) is 24.0 Å². The Balaban J connectivity index is 1.68. The van der Waals surface area contributed by atoms with Crippen LogP contribution in [0.5, 0.6) is 5.75 Å². The predicted molar refractivity (Wildman–Crippen MR) is 108 cm³/mol. The van der Waals surface area contributed by atoms with E-state index in [2.05, 4.69) is 4.98 Å². The zero-order chi connectivity index (χ0) is 20.8. The lowest BCUT2D eigenvalue weighted by Gasteiger charge is -2.18. The smallest absolute Gasteiger partial charge is 0.338 e. The average Bonchev–Trinajstić information content (AvgIpc) is 3.17. The molecule has 0 aliphatic rings. The van der Waals surface area contributed by atoms with E-state index in [1.54, 1.807) is 41.8 Å². The number of anilines is 2. The minimum absolute atomic E-state index is 0.0639. The summed E-state index contributed by atoms with van der Waals surface area (Å²) in [6.45, 7) is 3.69. The summed E-state index contributed by atoms with van der Waals surface area (Å²) in [6, 6.07) is 12.6. The summed E-state index contributed by atoms with van der Waals surface area (Å²) < 4.78 is 24.7. The fourth-order valence-electron chi connectivity index (χ4n) is 2.58. The van der Waals surface area contributed by atoms with Gasteiger partial charge in [0.1, 0.15) is 18.2 Å². The number of rotatable bonds is 7. The average molecular weight is 414 g/mol. The normalized spacial score (nSPS) is 10.4. The van der Waals surface area contributed by atoms with E-state index in [9.17, 15) is 14.0 Å². The number of carbonyl (C=O) groups is 2. The van der Waals surface area contributed by atoms with E-state index in [0.717, 1.165) is 11.3 Å². The Morgan fingerprint density at radius 2 is 1.86 bits per heavy atom. The molecule has 0 saturated heterocycles. The van der Waals surface area contributed by atoms with Gasteiger partial charge in [-0.05, 0) is 43.3 Å². The minimum atomic E-state index is -0.527. The van der Waals surface area contributed by atoms with Crippen molar-refractivity contribution < 1.29 is 23.5 Å². The first-order valence-corrected chi connectivity index (χ1v) is 9.77. The Hall–Kier alpha value is -3.26. The molecule has 0 atom stereocenters. The van der Waals surface area contributed by atoms with Crippen LogP contribution >= 0.6 is 11.3 Å². The fraction of sp³-hybridized carbons (Fsp3) is 0.190. The monoisotopic (exact) mass is 414 g/mol. The van der Waals surface area contributed by atoms with E-state index in [0.29, 0.717) is 28.7 Å². The number of aromatic nitrogens is 1. The van der Waals surface area contributed by atoms with Crippen molar-refractivity contribution in [3.63, 3.8) is 0 Å². The van der Waals surface area contributed by atoms with E-state index < -0.39 is 11.8 Å². The van der Waals surface area contributed by atoms with Crippen LogP contribution in [0.3, 0.4) is 0 Å². The molecule has 8 heteroatoms. The second-order valence-corrected chi connectivity index (χ2v) is 6.80. The van der Waals surface area contributed by atoms with E-state index in [4.69, 9.17) is 9.47 Å². The lowest BCUT2D eigenvalue weighted by atomic mass is 10.2. The molecule has 29 heavy (non-hydrogen) atoms. The molecule has 0 unspecified atom stereocenters. The van der Waals surface area contributed by atoms with Crippen molar-refractivity contribution in [2.75, 3.05) is 11.5 Å². The molecule has 1 heterocycles. The molecule has 1 aromatic heterocycles. The van der Waals surface area contributed by atoms with Gasteiger partial charge >= 0.3 is 5.97 Å². The molecule has 0 radical (unpaired) electrons. The van der Waals surface area contributed by atoms with Crippen LogP contribution in [0.2, 0.25) is 0 Å². The SMILES string of the molecule is CCOc1ccc(C(=O)OCc2csc(N(C(C)=O)c3ccccc3F)n2)cc1. The summed E-state index contributed by atoms with van der Waals surface area (Å²) in [6.07, 6.45) is 0. The van der Waals surface area contributed by atoms with Gasteiger partial charge in [-0.1, -0.05) is 12.1 Å². The molecule has 6 nitrogen and oxygen atoms in total. The molecular weight excluding hydrogens is 395 g/mol. The maximum absolute atomic E-state index is 14.1. The predicted octanol–water partition coefficient (Wildman–Crippen LogP) is 4.72. The minimum Gasteiger partial charge on any atom is -0.494 e. The van der Waals surface area contributed by atoms with Gasteiger partial charge in [0, 0.05) is 12.3 Å². The first kappa shape index (κ1) is 20.5. The topological polar surface area (TPSA) is 68.7 Å². The highest BCUT2D eigenvalue weighted by Crippen LogP contribution is 2.30. The lowest BCUT2D eigenvalue weighted by molar-refractivity contribution is -0.115. The number of para-hydroxylation sites is 1. The molecule has 0 saturated carbocycles. The molecule has 3 aromatic rings. The third-order valence-corrected chi connectivity index (χ3v) is 4.77. The number of hydrogen-bond donors (Lipinski definition) is 0. The number of carbonyl (C=O) groups excluding carboxylic acids is 2. The maximum atomic E-state index is 14.1. The van der Waals surface area contributed by atoms with Crippen LogP contribution < -0.4 is 9.64 Å². The van der Waals surface area contributed by atoms with Gasteiger partial charge in [-0.15, -0.1) is 11.3 Å². The molecule has 3 rings (SSSR count). The Morgan fingerprint density at radius 3 is 2.52 bits per heavy atom. The molecule has 0 bridgehead atoms. The first-order chi connectivity index (χ1) is 14.0. The Kier molecular flexibility index (Phi) is 6.56. The fourth-order valence-corrected chi connectivity index (χ4v) is 3.45. The summed E-state index contributed by atoms with van der Waals surface area (Å²) in [5.74, 6) is -0.727. The van der Waals surface area contributed by atoms with Crippen molar-refractivity contribution in [1.82, 2.24) is 4.98 Å². The third kappa shape index (κ3) is 4.97. The van der Waals surface area contributed by atoms with Crippen LogP contribution in [0.25, 0.3) is 0 Å². The van der Waals surface area contributed by atoms with Crippen LogP contribution in [-0.4, -0.2) is 23.5 Å². The molecule has 0 aliphatic carbocycles. The molecule has 2 aromatic carbocycles. The standard InChI is InChI=1S/C21H19FN2O4S/c1-3-27-17-10-8-15(9-11-17)20(26)28-12-16-13-29-21(23-16)24(14(2)25)19-7-5-4-6-18(19)22/h4-11,13H,3,12H2,1-2H3. The Morgan fingerprint density at radius 1 is 1.14 bits per heavy atom. The van der Waals surface area contributed by atoms with Gasteiger partial charge in [0.2, 0.25) is 5.91 Å². The van der Waals surface area contributed by atoms with E-state index >= 15 is 0 Å². The van der Waals surface area contributed by atoms with Crippen LogP contribution in [-0.2, 0) is 16.1 Å². The Bertz CT molecular complexity index is 1000. The van der Waals surface area contributed by atoms with Crippen molar-refractivity contribution in [2.24, 2.45) is 0 Å². The highest BCUT2D eigenvalue weighted by atomic mass is 32.1. The number of ether oxygens (including phenoxy) is 2. The summed E-state index contributed by atoms with van der Waals surface area (Å²) in [7, 11) is 0. The van der Waals surface area contributed by atoms with Gasteiger partial charge in [-0.25, -0.2) is 14.2 Å². The van der Waals surface area contributed by atoms with Gasteiger partial charge < -0.3 is 9.47 Å². The summed E-state index contributed by atoms with van der Waals surface area (Å²) >= 11 is 1.16. The first-order valence-electron chi connectivity index (χ1n) is 8.89. The van der Waals surface area contributed by atoms with Gasteiger partial charge in [0.15, 0.2) is 5.13 Å². The van der Waals surface area contributed by atoms with Crippen LogP contribution in [0.15, 0.2) is 53.9 Å². The van der Waals surface area contributed by atoms with Crippen molar-refractivity contribution in [2.45, 2.75) is 20.5 Å². The molecule has 0 N–H and O–H groups in total. The zero-order valence-corrected chi connectivity index (χ0v) is 16.7. The quantitative estimate of drug-likeness (QED) is 0.523. The van der Waals surface area contributed by atoms with Crippen molar-refractivity contribution in [1.29, 1.82) is 0 Å². The van der Waals surface area contributed by atoms with Gasteiger partial charge in [0.05, 0.1) is 23.6 Å². The van der Waals surface area contributed by atoms with Crippen LogP contribution in [0.1, 0.15) is 29.9 Å². The molecule has 1 amide bonds. The molecular formula is C21H19FN2O4S. The van der Waals surface area contributed by atoms with Crippen molar-refractivity contribution in [3.05, 3.63) is 71.0 Å². The molecule has 0 fully saturated rings. The summed E-state index contributed by atoms with van der Waals surface area (Å²) in [5.41, 5.74) is 0.972. The number of nitrogens with zero attached hydrogens (tertiary/aromatic N) is 2. The lowest BCUT2D eigenvalue weighted by Crippen LogP contribution is -2.23. The second-order valence-electron chi connectivity index (χ2n) is 5.96. The highest BCUT2D eigenvalue weighted by Gasteiger charge is 2.21. The number of hydrogen-bond acceptors (Lipinski definition) is 6. The van der Waals surface area contributed by atoms with Crippen molar-refractivity contribution >= 4 is 34.0 Å². The number of benzene rings is 2. The largest absolute Gasteiger partial charge is 0.494 e. The van der Waals surface area contributed by atoms with E-state index in [1.807, 2.05) is 6.92 Å². The molecule has 150 valence electrons. The van der Waals surface area contributed by atoms with E-state index in [-0.39, 0.29) is 18.2 Å². The Labute approximate surface area is 171 Å². The number of amides is 1. The summed E-state index contributed by atoms with van der Waals surface area (Å²) in [4.78, 5) is 29.8. The van der Waals surface area contributed by atoms with Crippen LogP contribution in [0.4, 0.5) is 15.2 Å². The van der Waals surface area contributed by atoms with Gasteiger partial charge in [0.25, 0.3) is 0 Å². The van der Waals surface area contributed by atoms with Crippen molar-refractivity contribution in [3.8, 4) is 5.75 Å².